The van der Waals surface area contributed by atoms with Crippen molar-refractivity contribution >= 4 is 23.5 Å². The standard InChI is InChI=1S/C24H24N2O7/c1-4-33-24(29)22-15(2)25(14-16-8-10-17(11-9-16)23(28)32-3)21(27)13-20(22)18-6-5-7-19(12-18)26(30)31/h5-12,20H,4,13-14H2,1-3H3. The van der Waals surface area contributed by atoms with Gasteiger partial charge >= 0.3 is 11.9 Å². The lowest BCUT2D eigenvalue weighted by molar-refractivity contribution is -0.384. The van der Waals surface area contributed by atoms with Gasteiger partial charge in [-0.25, -0.2) is 9.59 Å². The molecule has 0 fully saturated rings. The second-order valence-electron chi connectivity index (χ2n) is 7.50. The van der Waals surface area contributed by atoms with E-state index in [1.165, 1.54) is 30.2 Å². The van der Waals surface area contributed by atoms with Crippen LogP contribution < -0.4 is 0 Å². The highest BCUT2D eigenvalue weighted by atomic mass is 16.6. The predicted octanol–water partition coefficient (Wildman–Crippen LogP) is 3.73. The Bertz CT molecular complexity index is 1120. The number of nitrogens with zero attached hydrogens (tertiary/aromatic N) is 2. The molecule has 1 heterocycles. The van der Waals surface area contributed by atoms with Crippen molar-refractivity contribution in [3.05, 3.63) is 86.6 Å². The molecule has 0 saturated heterocycles. The van der Waals surface area contributed by atoms with Gasteiger partial charge in [0.05, 0.1) is 36.3 Å². The molecule has 1 atom stereocenters. The van der Waals surface area contributed by atoms with Crippen LogP contribution in [-0.2, 0) is 25.6 Å². The Morgan fingerprint density at radius 2 is 1.85 bits per heavy atom. The number of allylic oxidation sites excluding steroid dienone is 1. The van der Waals surface area contributed by atoms with Gasteiger partial charge in [-0.1, -0.05) is 24.3 Å². The third-order valence-electron chi connectivity index (χ3n) is 5.52. The van der Waals surface area contributed by atoms with Gasteiger partial charge in [0.25, 0.3) is 5.69 Å². The Kier molecular flexibility index (Phi) is 7.22. The number of nitro groups is 1. The SMILES string of the molecule is CCOC(=O)C1=C(C)N(Cc2ccc(C(=O)OC)cc2)C(=O)CC1c1cccc([N+](=O)[O-])c1. The predicted molar refractivity (Wildman–Crippen MR) is 118 cm³/mol. The van der Waals surface area contributed by atoms with E-state index in [0.717, 1.165) is 5.56 Å². The summed E-state index contributed by atoms with van der Waals surface area (Å²) >= 11 is 0. The van der Waals surface area contributed by atoms with Crippen LogP contribution in [0.25, 0.3) is 0 Å². The molecule has 2 aromatic rings. The minimum absolute atomic E-state index is 0.0348. The molecule has 1 aliphatic heterocycles. The molecule has 33 heavy (non-hydrogen) atoms. The molecule has 1 amide bonds. The van der Waals surface area contributed by atoms with E-state index in [1.807, 2.05) is 0 Å². The highest BCUT2D eigenvalue weighted by Crippen LogP contribution is 2.38. The maximum absolute atomic E-state index is 13.1. The lowest BCUT2D eigenvalue weighted by atomic mass is 9.83. The molecular formula is C24H24N2O7. The van der Waals surface area contributed by atoms with Crippen molar-refractivity contribution in [1.29, 1.82) is 0 Å². The summed E-state index contributed by atoms with van der Waals surface area (Å²) in [5, 5.41) is 11.2. The van der Waals surface area contributed by atoms with Crippen LogP contribution in [0.4, 0.5) is 5.69 Å². The number of benzene rings is 2. The van der Waals surface area contributed by atoms with Gasteiger partial charge in [0.2, 0.25) is 5.91 Å². The van der Waals surface area contributed by atoms with Gasteiger partial charge in [-0.3, -0.25) is 14.9 Å². The monoisotopic (exact) mass is 452 g/mol. The Balaban J connectivity index is 1.99. The lowest BCUT2D eigenvalue weighted by Gasteiger charge is -2.34. The Morgan fingerprint density at radius 1 is 1.15 bits per heavy atom. The first kappa shape index (κ1) is 23.6. The van der Waals surface area contributed by atoms with Crippen LogP contribution in [0, 0.1) is 10.1 Å². The number of rotatable bonds is 7. The minimum Gasteiger partial charge on any atom is -0.465 e. The fourth-order valence-corrected chi connectivity index (χ4v) is 3.86. The maximum Gasteiger partial charge on any atom is 0.337 e. The van der Waals surface area contributed by atoms with E-state index < -0.39 is 22.8 Å². The normalized spacial score (nSPS) is 15.9. The Morgan fingerprint density at radius 3 is 2.45 bits per heavy atom. The molecule has 172 valence electrons. The van der Waals surface area contributed by atoms with Crippen LogP contribution in [-0.4, -0.2) is 41.4 Å². The molecular weight excluding hydrogens is 428 g/mol. The number of esters is 2. The second kappa shape index (κ2) is 10.1. The van der Waals surface area contributed by atoms with Crippen molar-refractivity contribution < 1.29 is 28.8 Å². The number of carbonyl (C=O) groups is 3. The van der Waals surface area contributed by atoms with Gasteiger partial charge in [0.1, 0.15) is 0 Å². The molecule has 2 aromatic carbocycles. The Labute approximate surface area is 190 Å². The average Bonchev–Trinajstić information content (AvgIpc) is 2.81. The van der Waals surface area contributed by atoms with Crippen LogP contribution in [0.5, 0.6) is 0 Å². The topological polar surface area (TPSA) is 116 Å². The van der Waals surface area contributed by atoms with Crippen LogP contribution >= 0.6 is 0 Å². The molecule has 0 saturated carbocycles. The smallest absolute Gasteiger partial charge is 0.337 e. The van der Waals surface area contributed by atoms with Crippen molar-refractivity contribution in [2.24, 2.45) is 0 Å². The van der Waals surface area contributed by atoms with Crippen LogP contribution in [0.1, 0.15) is 47.7 Å². The molecule has 0 radical (unpaired) electrons. The molecule has 1 aliphatic rings. The number of ether oxygens (including phenoxy) is 2. The number of hydrogen-bond acceptors (Lipinski definition) is 7. The van der Waals surface area contributed by atoms with Crippen molar-refractivity contribution in [3.63, 3.8) is 0 Å². The first-order valence-corrected chi connectivity index (χ1v) is 10.4. The molecule has 3 rings (SSSR count). The van der Waals surface area contributed by atoms with Crippen LogP contribution in [0.3, 0.4) is 0 Å². The maximum atomic E-state index is 13.1. The van der Waals surface area contributed by atoms with E-state index in [4.69, 9.17) is 9.47 Å². The summed E-state index contributed by atoms with van der Waals surface area (Å²) < 4.78 is 9.95. The van der Waals surface area contributed by atoms with E-state index in [1.54, 1.807) is 44.2 Å². The Hall–Kier alpha value is -4.01. The fraction of sp³-hybridized carbons (Fsp3) is 0.292. The van der Waals surface area contributed by atoms with Crippen molar-refractivity contribution in [1.82, 2.24) is 4.90 Å². The summed E-state index contributed by atoms with van der Waals surface area (Å²) in [5.41, 5.74) is 2.25. The molecule has 0 spiro atoms. The molecule has 0 N–H and O–H groups in total. The first-order valence-electron chi connectivity index (χ1n) is 10.4. The highest BCUT2D eigenvalue weighted by molar-refractivity contribution is 5.96. The van der Waals surface area contributed by atoms with E-state index in [-0.39, 0.29) is 31.2 Å². The summed E-state index contributed by atoms with van der Waals surface area (Å²) in [7, 11) is 1.30. The van der Waals surface area contributed by atoms with Gasteiger partial charge in [0.15, 0.2) is 0 Å². The van der Waals surface area contributed by atoms with Crippen LogP contribution in [0.2, 0.25) is 0 Å². The third-order valence-corrected chi connectivity index (χ3v) is 5.52. The van der Waals surface area contributed by atoms with Gasteiger partial charge in [-0.05, 0) is 37.1 Å². The summed E-state index contributed by atoms with van der Waals surface area (Å²) in [6.45, 7) is 3.69. The quantitative estimate of drug-likeness (QED) is 0.357. The molecule has 0 aliphatic carbocycles. The first-order chi connectivity index (χ1) is 15.8. The number of non-ortho nitro benzene ring substituents is 1. The fourth-order valence-electron chi connectivity index (χ4n) is 3.86. The van der Waals surface area contributed by atoms with E-state index in [9.17, 15) is 24.5 Å². The molecule has 9 heteroatoms. The second-order valence-corrected chi connectivity index (χ2v) is 7.50. The number of nitro benzene ring substituents is 1. The molecule has 9 nitrogen and oxygen atoms in total. The number of hydrogen-bond donors (Lipinski definition) is 0. The third kappa shape index (κ3) is 5.08. The number of carbonyl (C=O) groups excluding carboxylic acids is 3. The van der Waals surface area contributed by atoms with Gasteiger partial charge in [-0.2, -0.15) is 0 Å². The highest BCUT2D eigenvalue weighted by Gasteiger charge is 2.37. The van der Waals surface area contributed by atoms with Crippen molar-refractivity contribution in [2.45, 2.75) is 32.7 Å². The zero-order chi connectivity index (χ0) is 24.1. The van der Waals surface area contributed by atoms with Gasteiger partial charge in [-0.15, -0.1) is 0 Å². The summed E-state index contributed by atoms with van der Waals surface area (Å²) in [5.74, 6) is -1.91. The number of amides is 1. The van der Waals surface area contributed by atoms with E-state index >= 15 is 0 Å². The number of methoxy groups -OCH3 is 1. The van der Waals surface area contributed by atoms with Gasteiger partial charge in [0, 0.05) is 30.2 Å². The van der Waals surface area contributed by atoms with E-state index in [0.29, 0.717) is 22.4 Å². The van der Waals surface area contributed by atoms with Crippen molar-refractivity contribution in [3.8, 4) is 0 Å². The minimum atomic E-state index is -0.658. The lowest BCUT2D eigenvalue weighted by Crippen LogP contribution is -2.38. The zero-order valence-electron chi connectivity index (χ0n) is 18.6. The van der Waals surface area contributed by atoms with Gasteiger partial charge < -0.3 is 14.4 Å². The van der Waals surface area contributed by atoms with E-state index in [2.05, 4.69) is 0 Å². The zero-order valence-corrected chi connectivity index (χ0v) is 18.6. The largest absolute Gasteiger partial charge is 0.465 e. The summed E-state index contributed by atoms with van der Waals surface area (Å²) in [6.07, 6.45) is -0.0348. The molecule has 1 unspecified atom stereocenters. The average molecular weight is 452 g/mol. The summed E-state index contributed by atoms with van der Waals surface area (Å²) in [6, 6.07) is 12.6. The molecule has 0 aromatic heterocycles. The van der Waals surface area contributed by atoms with Crippen LogP contribution in [0.15, 0.2) is 59.8 Å². The van der Waals surface area contributed by atoms with Crippen molar-refractivity contribution in [2.75, 3.05) is 13.7 Å². The summed E-state index contributed by atoms with van der Waals surface area (Å²) in [4.78, 5) is 49.8. The molecule has 0 bridgehead atoms.